The van der Waals surface area contributed by atoms with E-state index in [1.54, 1.807) is 15.9 Å². The van der Waals surface area contributed by atoms with E-state index in [1.165, 1.54) is 27.1 Å². The summed E-state index contributed by atoms with van der Waals surface area (Å²) in [5, 5.41) is 2.17. The summed E-state index contributed by atoms with van der Waals surface area (Å²) in [6.45, 7) is 4.53. The van der Waals surface area contributed by atoms with Crippen molar-refractivity contribution in [2.75, 3.05) is 20.2 Å². The summed E-state index contributed by atoms with van der Waals surface area (Å²) in [4.78, 5) is 22.5. The smallest absolute Gasteiger partial charge is 0.267 e. The monoisotopic (exact) mass is 498 g/mol. The Labute approximate surface area is 206 Å². The highest BCUT2D eigenvalue weighted by atomic mass is 35.5. The van der Waals surface area contributed by atoms with Crippen LogP contribution in [0.15, 0.2) is 58.5 Å². The van der Waals surface area contributed by atoms with E-state index in [1.807, 2.05) is 55.5 Å². The van der Waals surface area contributed by atoms with Gasteiger partial charge in [0.2, 0.25) is 0 Å². The molecule has 0 spiro atoms. The van der Waals surface area contributed by atoms with Gasteiger partial charge in [0.05, 0.1) is 36.2 Å². The molecule has 1 unspecified atom stereocenters. The number of benzene rings is 2. The topological polar surface area (TPSA) is 48.6 Å². The molecule has 4 aromatic rings. The van der Waals surface area contributed by atoms with Crippen molar-refractivity contribution >= 4 is 44.9 Å². The fraction of sp³-hybridized carbons (Fsp3) is 0.280. The predicted octanol–water partition coefficient (Wildman–Crippen LogP) is 4.36. The number of quaternary nitrogens is 1. The van der Waals surface area contributed by atoms with Gasteiger partial charge >= 0.3 is 0 Å². The summed E-state index contributed by atoms with van der Waals surface area (Å²) in [6.07, 6.45) is 0.910. The van der Waals surface area contributed by atoms with Crippen molar-refractivity contribution < 1.29 is 9.64 Å². The van der Waals surface area contributed by atoms with Crippen LogP contribution in [0.3, 0.4) is 0 Å². The first kappa shape index (κ1) is 22.5. The van der Waals surface area contributed by atoms with E-state index in [0.29, 0.717) is 17.5 Å². The van der Waals surface area contributed by atoms with Gasteiger partial charge in [-0.05, 0) is 48.4 Å². The lowest BCUT2D eigenvalue weighted by Crippen LogP contribution is -3.08. The standard InChI is InChI=1S/C25H24ClN3O2S2/c1-3-31-18-10-8-17(9-11-18)29-24(30)22-19-12-13-28(2)14-21(19)33-23(22)27-25(29)32-15-16-6-4-5-7-20(16)26/h4-11H,3,12-15H2,1-2H3/p+1. The summed E-state index contributed by atoms with van der Waals surface area (Å²) in [5.41, 5.74) is 2.99. The average molecular weight is 499 g/mol. The molecular weight excluding hydrogens is 474 g/mol. The Bertz CT molecular complexity index is 1360. The van der Waals surface area contributed by atoms with Crippen LogP contribution in [0, 0.1) is 0 Å². The molecule has 0 aliphatic carbocycles. The summed E-state index contributed by atoms with van der Waals surface area (Å²) < 4.78 is 7.34. The van der Waals surface area contributed by atoms with Crippen LogP contribution in [0.5, 0.6) is 5.75 Å². The molecule has 2 aromatic carbocycles. The van der Waals surface area contributed by atoms with E-state index in [2.05, 4.69) is 7.05 Å². The van der Waals surface area contributed by atoms with Crippen molar-refractivity contribution in [1.29, 1.82) is 0 Å². The lowest BCUT2D eigenvalue weighted by Gasteiger charge is -2.19. The molecule has 0 amide bonds. The molecule has 0 radical (unpaired) electrons. The minimum atomic E-state index is 0.00266. The molecular formula is C25H25ClN3O2S2+. The molecule has 1 atom stereocenters. The third-order valence-corrected chi connectivity index (χ3v) is 8.34. The highest BCUT2D eigenvalue weighted by Gasteiger charge is 2.26. The maximum atomic E-state index is 13.9. The highest BCUT2D eigenvalue weighted by Crippen LogP contribution is 2.33. The number of thioether (sulfide) groups is 1. The molecule has 1 aliphatic heterocycles. The molecule has 1 aliphatic rings. The molecule has 0 fully saturated rings. The molecule has 170 valence electrons. The lowest BCUT2D eigenvalue weighted by molar-refractivity contribution is -0.895. The number of ether oxygens (including phenoxy) is 1. The minimum Gasteiger partial charge on any atom is -0.494 e. The number of aromatic nitrogens is 2. The predicted molar refractivity (Wildman–Crippen MR) is 137 cm³/mol. The van der Waals surface area contributed by atoms with Gasteiger partial charge in [0, 0.05) is 17.2 Å². The van der Waals surface area contributed by atoms with E-state index in [4.69, 9.17) is 21.3 Å². The van der Waals surface area contributed by atoms with Gasteiger partial charge in [0.1, 0.15) is 17.1 Å². The molecule has 3 heterocycles. The second-order valence-electron chi connectivity index (χ2n) is 8.16. The second kappa shape index (κ2) is 9.50. The van der Waals surface area contributed by atoms with Gasteiger partial charge in [-0.1, -0.05) is 41.6 Å². The quantitative estimate of drug-likeness (QED) is 0.317. The second-order valence-corrected chi connectivity index (χ2v) is 10.6. The number of thiophene rings is 1. The summed E-state index contributed by atoms with van der Waals surface area (Å²) in [7, 11) is 2.20. The van der Waals surface area contributed by atoms with Crippen LogP contribution >= 0.6 is 34.7 Å². The number of fused-ring (bicyclic) bond motifs is 3. The third-order valence-electron chi connectivity index (χ3n) is 5.86. The zero-order chi connectivity index (χ0) is 22.9. The third kappa shape index (κ3) is 4.43. The van der Waals surface area contributed by atoms with Crippen molar-refractivity contribution in [1.82, 2.24) is 9.55 Å². The summed E-state index contributed by atoms with van der Waals surface area (Å²) >= 11 is 9.59. The molecule has 8 heteroatoms. The summed E-state index contributed by atoms with van der Waals surface area (Å²) in [5.74, 6) is 1.42. The minimum absolute atomic E-state index is 0.00266. The van der Waals surface area contributed by atoms with E-state index in [0.717, 1.165) is 51.7 Å². The first-order valence-corrected chi connectivity index (χ1v) is 13.2. The van der Waals surface area contributed by atoms with Crippen molar-refractivity contribution in [2.45, 2.75) is 30.8 Å². The van der Waals surface area contributed by atoms with Crippen LogP contribution in [0.4, 0.5) is 0 Å². The van der Waals surface area contributed by atoms with E-state index in [9.17, 15) is 4.79 Å². The molecule has 2 aromatic heterocycles. The zero-order valence-corrected chi connectivity index (χ0v) is 20.9. The number of halogens is 1. The van der Waals surface area contributed by atoms with Crippen molar-refractivity contribution in [3.8, 4) is 11.4 Å². The Balaban J connectivity index is 1.64. The van der Waals surface area contributed by atoms with Crippen LogP contribution in [0.1, 0.15) is 22.9 Å². The first-order chi connectivity index (χ1) is 16.0. The normalized spacial score (nSPS) is 15.5. The largest absolute Gasteiger partial charge is 0.494 e. The maximum absolute atomic E-state index is 13.9. The first-order valence-electron chi connectivity index (χ1n) is 11.0. The molecule has 33 heavy (non-hydrogen) atoms. The van der Waals surface area contributed by atoms with Gasteiger partial charge in [0.15, 0.2) is 5.16 Å². The Hall–Kier alpha value is -2.32. The average Bonchev–Trinajstić information content (AvgIpc) is 3.17. The maximum Gasteiger partial charge on any atom is 0.267 e. The van der Waals surface area contributed by atoms with Crippen molar-refractivity contribution in [2.24, 2.45) is 0 Å². The molecule has 5 nitrogen and oxygen atoms in total. The van der Waals surface area contributed by atoms with Gasteiger partial charge in [-0.15, -0.1) is 11.3 Å². The molecule has 0 bridgehead atoms. The molecule has 1 N–H and O–H groups in total. The fourth-order valence-corrected chi connectivity index (χ4v) is 6.85. The Morgan fingerprint density at radius 3 is 2.76 bits per heavy atom. The van der Waals surface area contributed by atoms with Gasteiger partial charge in [-0.25, -0.2) is 4.98 Å². The van der Waals surface area contributed by atoms with Crippen LogP contribution in [0.2, 0.25) is 5.02 Å². The van der Waals surface area contributed by atoms with Gasteiger partial charge in [-0.2, -0.15) is 0 Å². The Kier molecular flexibility index (Phi) is 6.47. The van der Waals surface area contributed by atoms with Crippen LogP contribution < -0.4 is 15.2 Å². The van der Waals surface area contributed by atoms with E-state index in [-0.39, 0.29) is 5.56 Å². The lowest BCUT2D eigenvalue weighted by atomic mass is 10.1. The van der Waals surface area contributed by atoms with Crippen molar-refractivity contribution in [3.05, 3.63) is 79.9 Å². The SMILES string of the molecule is CCOc1ccc(-n2c(SCc3ccccc3Cl)nc3sc4c(c3c2=O)CC[NH+](C)C4)cc1. The van der Waals surface area contributed by atoms with Gasteiger partial charge < -0.3 is 9.64 Å². The van der Waals surface area contributed by atoms with E-state index >= 15 is 0 Å². The van der Waals surface area contributed by atoms with Crippen molar-refractivity contribution in [3.63, 3.8) is 0 Å². The number of nitrogens with one attached hydrogen (secondary N) is 1. The number of hydrogen-bond acceptors (Lipinski definition) is 5. The molecule has 0 saturated heterocycles. The Morgan fingerprint density at radius 1 is 1.21 bits per heavy atom. The highest BCUT2D eigenvalue weighted by molar-refractivity contribution is 7.98. The van der Waals surface area contributed by atoms with Gasteiger partial charge in [0.25, 0.3) is 5.56 Å². The number of nitrogens with zero attached hydrogens (tertiary/aromatic N) is 2. The van der Waals surface area contributed by atoms with Crippen LogP contribution in [-0.2, 0) is 18.7 Å². The number of hydrogen-bond donors (Lipinski definition) is 1. The fourth-order valence-electron chi connectivity index (χ4n) is 4.18. The number of rotatable bonds is 6. The number of likely N-dealkylation sites (N-methyl/N-ethyl adjacent to an activating group) is 1. The van der Waals surface area contributed by atoms with E-state index < -0.39 is 0 Å². The molecule has 0 saturated carbocycles. The Morgan fingerprint density at radius 2 is 2.00 bits per heavy atom. The van der Waals surface area contributed by atoms with Crippen LogP contribution in [0.25, 0.3) is 15.9 Å². The summed E-state index contributed by atoms with van der Waals surface area (Å²) in [6, 6.07) is 15.5. The zero-order valence-electron chi connectivity index (χ0n) is 18.6. The van der Waals surface area contributed by atoms with Crippen LogP contribution in [-0.4, -0.2) is 29.8 Å². The van der Waals surface area contributed by atoms with Gasteiger partial charge in [-0.3, -0.25) is 9.36 Å². The molecule has 5 rings (SSSR count).